The highest BCUT2D eigenvalue weighted by Gasteiger charge is 2.18. The molecule has 1 N–H and O–H groups in total. The Bertz CT molecular complexity index is 370. The number of aliphatic hydroxyl groups excluding tert-OH is 1. The number of aliphatic hydroxyl groups is 1. The van der Waals surface area contributed by atoms with Gasteiger partial charge in [0, 0.05) is 23.1 Å². The van der Waals surface area contributed by atoms with E-state index in [1.807, 2.05) is 12.1 Å². The largest absolute Gasteiger partial charge is 0.392 e. The Balaban J connectivity index is 2.02. The van der Waals surface area contributed by atoms with Crippen LogP contribution in [-0.2, 0) is 6.54 Å². The monoisotopic (exact) mass is 259 g/mol. The van der Waals surface area contributed by atoms with E-state index >= 15 is 0 Å². The lowest BCUT2D eigenvalue weighted by Gasteiger charge is -2.30. The molecule has 0 spiro atoms. The van der Waals surface area contributed by atoms with Gasteiger partial charge in [-0.25, -0.2) is 0 Å². The predicted molar refractivity (Wildman–Crippen MR) is 67.0 cm³/mol. The zero-order chi connectivity index (χ0) is 11.5. The minimum Gasteiger partial charge on any atom is -0.392 e. The number of β-amino-alcohol motifs (C(OH)–C–C–N with tert-alkyl or cyclic N) is 1. The number of nitrogens with zero attached hydrogens (tertiary/aromatic N) is 1. The van der Waals surface area contributed by atoms with Crippen LogP contribution in [0.2, 0.25) is 10.0 Å². The quantitative estimate of drug-likeness (QED) is 0.883. The molecule has 1 fully saturated rings. The summed E-state index contributed by atoms with van der Waals surface area (Å²) in [7, 11) is 0. The molecular weight excluding hydrogens is 245 g/mol. The zero-order valence-corrected chi connectivity index (χ0v) is 10.5. The molecular formula is C12H15Cl2NO. The number of rotatable bonds is 2. The molecule has 1 aromatic rings. The first-order chi connectivity index (χ1) is 7.65. The lowest BCUT2D eigenvalue weighted by molar-refractivity contribution is 0.0668. The molecule has 0 amide bonds. The second-order valence-corrected chi connectivity index (χ2v) is 5.11. The highest BCUT2D eigenvalue weighted by Crippen LogP contribution is 2.23. The van der Waals surface area contributed by atoms with Crippen LogP contribution in [0.25, 0.3) is 0 Å². The number of piperidine rings is 1. The van der Waals surface area contributed by atoms with Crippen LogP contribution in [0.1, 0.15) is 18.4 Å². The summed E-state index contributed by atoms with van der Waals surface area (Å²) in [5.74, 6) is 0. The third-order valence-electron chi connectivity index (χ3n) is 2.89. The van der Waals surface area contributed by atoms with Crippen molar-refractivity contribution in [2.75, 3.05) is 13.1 Å². The highest BCUT2D eigenvalue weighted by molar-refractivity contribution is 6.35. The average Bonchev–Trinajstić information content (AvgIpc) is 2.22. The Hall–Kier alpha value is -0.280. The van der Waals surface area contributed by atoms with E-state index < -0.39 is 0 Å². The van der Waals surface area contributed by atoms with E-state index in [9.17, 15) is 5.11 Å². The molecule has 16 heavy (non-hydrogen) atoms. The Morgan fingerprint density at radius 3 is 2.88 bits per heavy atom. The molecule has 4 heteroatoms. The predicted octanol–water partition coefficient (Wildman–Crippen LogP) is 2.95. The van der Waals surface area contributed by atoms with Crippen LogP contribution in [-0.4, -0.2) is 29.2 Å². The minimum atomic E-state index is -0.195. The van der Waals surface area contributed by atoms with Gasteiger partial charge in [0.25, 0.3) is 0 Å². The number of benzene rings is 1. The summed E-state index contributed by atoms with van der Waals surface area (Å²) in [6.45, 7) is 2.54. The second-order valence-electron chi connectivity index (χ2n) is 4.27. The molecule has 1 unspecified atom stereocenters. The van der Waals surface area contributed by atoms with Gasteiger partial charge in [0.05, 0.1) is 6.10 Å². The van der Waals surface area contributed by atoms with Gasteiger partial charge in [0.2, 0.25) is 0 Å². The summed E-state index contributed by atoms with van der Waals surface area (Å²) in [6.07, 6.45) is 1.76. The molecule has 1 heterocycles. The summed E-state index contributed by atoms with van der Waals surface area (Å²) in [6, 6.07) is 5.56. The van der Waals surface area contributed by atoms with Crippen molar-refractivity contribution in [2.45, 2.75) is 25.5 Å². The third kappa shape index (κ3) is 3.11. The standard InChI is InChI=1S/C12H15Cl2NO/c13-10-4-3-9(12(14)6-10)7-15-5-1-2-11(16)8-15/h3-4,6,11,16H,1-2,5,7-8H2. The molecule has 0 aliphatic carbocycles. The van der Waals surface area contributed by atoms with E-state index in [2.05, 4.69) is 4.90 Å². The fourth-order valence-corrected chi connectivity index (χ4v) is 2.53. The van der Waals surface area contributed by atoms with Gasteiger partial charge in [-0.3, -0.25) is 4.90 Å². The molecule has 88 valence electrons. The van der Waals surface area contributed by atoms with Crippen molar-refractivity contribution in [2.24, 2.45) is 0 Å². The first-order valence-electron chi connectivity index (χ1n) is 5.49. The zero-order valence-electron chi connectivity index (χ0n) is 9.00. The highest BCUT2D eigenvalue weighted by atomic mass is 35.5. The van der Waals surface area contributed by atoms with Gasteiger partial charge in [0.15, 0.2) is 0 Å². The van der Waals surface area contributed by atoms with E-state index in [0.717, 1.165) is 38.0 Å². The van der Waals surface area contributed by atoms with Crippen LogP contribution in [0.15, 0.2) is 18.2 Å². The summed E-state index contributed by atoms with van der Waals surface area (Å²) < 4.78 is 0. The van der Waals surface area contributed by atoms with Crippen molar-refractivity contribution < 1.29 is 5.11 Å². The molecule has 0 radical (unpaired) electrons. The lowest BCUT2D eigenvalue weighted by atomic mass is 10.1. The topological polar surface area (TPSA) is 23.5 Å². The van der Waals surface area contributed by atoms with E-state index in [1.54, 1.807) is 6.07 Å². The van der Waals surface area contributed by atoms with E-state index in [1.165, 1.54) is 0 Å². The van der Waals surface area contributed by atoms with E-state index in [4.69, 9.17) is 23.2 Å². The Kier molecular flexibility index (Phi) is 4.09. The van der Waals surface area contributed by atoms with Crippen molar-refractivity contribution in [3.8, 4) is 0 Å². The number of hydrogen-bond donors (Lipinski definition) is 1. The van der Waals surface area contributed by atoms with Crippen molar-refractivity contribution in [1.29, 1.82) is 0 Å². The summed E-state index contributed by atoms with van der Waals surface area (Å²) >= 11 is 12.0. The molecule has 1 aliphatic rings. The molecule has 0 aromatic heterocycles. The van der Waals surface area contributed by atoms with Gasteiger partial charge in [-0.15, -0.1) is 0 Å². The maximum absolute atomic E-state index is 9.58. The first-order valence-corrected chi connectivity index (χ1v) is 6.25. The van der Waals surface area contributed by atoms with Crippen LogP contribution < -0.4 is 0 Å². The Morgan fingerprint density at radius 1 is 1.38 bits per heavy atom. The smallest absolute Gasteiger partial charge is 0.0667 e. The Morgan fingerprint density at radius 2 is 2.19 bits per heavy atom. The molecule has 1 atom stereocenters. The fraction of sp³-hybridized carbons (Fsp3) is 0.500. The lowest BCUT2D eigenvalue weighted by Crippen LogP contribution is -2.37. The molecule has 2 nitrogen and oxygen atoms in total. The van der Waals surface area contributed by atoms with Gasteiger partial charge in [0.1, 0.15) is 0 Å². The number of halogens is 2. The molecule has 1 saturated heterocycles. The van der Waals surface area contributed by atoms with Crippen LogP contribution in [0, 0.1) is 0 Å². The SMILES string of the molecule is OC1CCCN(Cc2ccc(Cl)cc2Cl)C1. The van der Waals surface area contributed by atoms with Gasteiger partial charge >= 0.3 is 0 Å². The average molecular weight is 260 g/mol. The van der Waals surface area contributed by atoms with Crippen LogP contribution >= 0.6 is 23.2 Å². The maximum Gasteiger partial charge on any atom is 0.0667 e. The maximum atomic E-state index is 9.58. The van der Waals surface area contributed by atoms with Gasteiger partial charge in [-0.1, -0.05) is 29.3 Å². The first kappa shape index (κ1) is 12.2. The minimum absolute atomic E-state index is 0.195. The summed E-state index contributed by atoms with van der Waals surface area (Å²) in [5, 5.41) is 10.9. The third-order valence-corrected chi connectivity index (χ3v) is 3.48. The summed E-state index contributed by atoms with van der Waals surface area (Å²) in [4.78, 5) is 2.23. The van der Waals surface area contributed by atoms with Crippen molar-refractivity contribution in [1.82, 2.24) is 4.90 Å². The van der Waals surface area contributed by atoms with Crippen LogP contribution in [0.5, 0.6) is 0 Å². The van der Waals surface area contributed by atoms with Crippen molar-refractivity contribution >= 4 is 23.2 Å². The number of hydrogen-bond acceptors (Lipinski definition) is 2. The van der Waals surface area contributed by atoms with Crippen molar-refractivity contribution in [3.63, 3.8) is 0 Å². The number of likely N-dealkylation sites (tertiary alicyclic amines) is 1. The van der Waals surface area contributed by atoms with E-state index in [0.29, 0.717) is 10.0 Å². The van der Waals surface area contributed by atoms with E-state index in [-0.39, 0.29) is 6.10 Å². The van der Waals surface area contributed by atoms with Gasteiger partial charge < -0.3 is 5.11 Å². The molecule has 2 rings (SSSR count). The molecule has 1 aliphatic heterocycles. The van der Waals surface area contributed by atoms with Crippen molar-refractivity contribution in [3.05, 3.63) is 33.8 Å². The molecule has 1 aromatic carbocycles. The van der Waals surface area contributed by atoms with Crippen LogP contribution in [0.4, 0.5) is 0 Å². The Labute approximate surface area is 106 Å². The van der Waals surface area contributed by atoms with Crippen LogP contribution in [0.3, 0.4) is 0 Å². The van der Waals surface area contributed by atoms with Gasteiger partial charge in [-0.05, 0) is 37.1 Å². The molecule has 0 saturated carbocycles. The summed E-state index contributed by atoms with van der Waals surface area (Å²) in [5.41, 5.74) is 1.07. The fourth-order valence-electron chi connectivity index (χ4n) is 2.07. The van der Waals surface area contributed by atoms with Gasteiger partial charge in [-0.2, -0.15) is 0 Å². The second kappa shape index (κ2) is 5.37. The normalized spacial score (nSPS) is 22.3. The molecule has 0 bridgehead atoms.